The minimum Gasteiger partial charge on any atom is -0.469 e. The van der Waals surface area contributed by atoms with Gasteiger partial charge in [0, 0.05) is 31.6 Å². The summed E-state index contributed by atoms with van der Waals surface area (Å²) >= 11 is 0. The molecule has 0 aromatic heterocycles. The van der Waals surface area contributed by atoms with Crippen LogP contribution in [-0.4, -0.2) is 61.1 Å². The SMILES string of the molecule is COC(=O)CCC[C@@H]1[C@H]2CCCN3CCC[C@H](CN1CC(C)C)[C@@H]23. The van der Waals surface area contributed by atoms with E-state index in [4.69, 9.17) is 4.74 Å². The lowest BCUT2D eigenvalue weighted by atomic mass is 9.69. The molecule has 3 aliphatic rings. The van der Waals surface area contributed by atoms with E-state index in [1.54, 1.807) is 0 Å². The van der Waals surface area contributed by atoms with Crippen molar-refractivity contribution in [1.29, 1.82) is 0 Å². The van der Waals surface area contributed by atoms with Crippen LogP contribution in [0.25, 0.3) is 0 Å². The van der Waals surface area contributed by atoms with Crippen molar-refractivity contribution in [3.05, 3.63) is 0 Å². The van der Waals surface area contributed by atoms with Crippen molar-refractivity contribution in [2.45, 2.75) is 70.9 Å². The summed E-state index contributed by atoms with van der Waals surface area (Å²) in [6.07, 6.45) is 8.25. The van der Waals surface area contributed by atoms with Gasteiger partial charge in [-0.15, -0.1) is 0 Å². The summed E-state index contributed by atoms with van der Waals surface area (Å²) in [6, 6.07) is 1.48. The molecule has 0 aromatic carbocycles. The van der Waals surface area contributed by atoms with E-state index in [1.165, 1.54) is 59.0 Å². The van der Waals surface area contributed by atoms with Gasteiger partial charge in [-0.1, -0.05) is 13.8 Å². The second-order valence-electron chi connectivity index (χ2n) is 8.62. The molecule has 3 fully saturated rings. The molecule has 0 aliphatic carbocycles. The van der Waals surface area contributed by atoms with E-state index < -0.39 is 0 Å². The maximum atomic E-state index is 11.5. The number of hydrogen-bond acceptors (Lipinski definition) is 4. The second kappa shape index (κ2) is 8.18. The Balaban J connectivity index is 1.71. The predicted molar refractivity (Wildman–Crippen MR) is 96.9 cm³/mol. The zero-order chi connectivity index (χ0) is 17.1. The molecule has 0 aromatic rings. The Morgan fingerprint density at radius 1 is 1.21 bits per heavy atom. The number of likely N-dealkylation sites (tertiary alicyclic amines) is 1. The Labute approximate surface area is 147 Å². The average Bonchev–Trinajstić information content (AvgIpc) is 2.57. The smallest absolute Gasteiger partial charge is 0.305 e. The number of rotatable bonds is 6. The Morgan fingerprint density at radius 3 is 2.67 bits per heavy atom. The van der Waals surface area contributed by atoms with Crippen molar-refractivity contribution in [1.82, 2.24) is 9.80 Å². The zero-order valence-corrected chi connectivity index (χ0v) is 15.9. The van der Waals surface area contributed by atoms with Gasteiger partial charge in [0.05, 0.1) is 7.11 Å². The van der Waals surface area contributed by atoms with Crippen LogP contribution >= 0.6 is 0 Å². The molecule has 4 nitrogen and oxygen atoms in total. The molecule has 24 heavy (non-hydrogen) atoms. The van der Waals surface area contributed by atoms with Gasteiger partial charge < -0.3 is 4.74 Å². The van der Waals surface area contributed by atoms with Crippen LogP contribution in [0.1, 0.15) is 58.8 Å². The first-order chi connectivity index (χ1) is 11.6. The number of carbonyl (C=O) groups is 1. The van der Waals surface area contributed by atoms with E-state index >= 15 is 0 Å². The van der Waals surface area contributed by atoms with Gasteiger partial charge >= 0.3 is 5.97 Å². The lowest BCUT2D eigenvalue weighted by Crippen LogP contribution is -2.65. The number of nitrogens with zero attached hydrogens (tertiary/aromatic N) is 2. The first-order valence-corrected chi connectivity index (χ1v) is 10.1. The van der Waals surface area contributed by atoms with Gasteiger partial charge in [-0.2, -0.15) is 0 Å². The maximum absolute atomic E-state index is 11.5. The fourth-order valence-electron chi connectivity index (χ4n) is 5.72. The highest BCUT2D eigenvalue weighted by molar-refractivity contribution is 5.68. The minimum atomic E-state index is -0.0537. The van der Waals surface area contributed by atoms with Crippen molar-refractivity contribution < 1.29 is 9.53 Å². The van der Waals surface area contributed by atoms with Gasteiger partial charge in [-0.05, 0) is 69.4 Å². The third kappa shape index (κ3) is 3.96. The number of piperidine rings is 3. The third-order valence-corrected chi connectivity index (χ3v) is 6.49. The molecular weight excluding hydrogens is 300 g/mol. The fourth-order valence-corrected chi connectivity index (χ4v) is 5.72. The first-order valence-electron chi connectivity index (χ1n) is 10.1. The highest BCUT2D eigenvalue weighted by Crippen LogP contribution is 2.43. The van der Waals surface area contributed by atoms with Crippen molar-refractivity contribution in [2.75, 3.05) is 33.3 Å². The molecule has 3 aliphatic heterocycles. The van der Waals surface area contributed by atoms with Crippen LogP contribution in [0.15, 0.2) is 0 Å². The molecule has 4 atom stereocenters. The van der Waals surface area contributed by atoms with Crippen LogP contribution in [-0.2, 0) is 9.53 Å². The van der Waals surface area contributed by atoms with Crippen LogP contribution in [0.4, 0.5) is 0 Å². The lowest BCUT2D eigenvalue weighted by Gasteiger charge is -2.58. The topological polar surface area (TPSA) is 32.8 Å². The van der Waals surface area contributed by atoms with Gasteiger partial charge in [0.25, 0.3) is 0 Å². The molecule has 3 heterocycles. The van der Waals surface area contributed by atoms with Crippen LogP contribution in [0, 0.1) is 17.8 Å². The zero-order valence-electron chi connectivity index (χ0n) is 15.9. The standard InChI is InChI=1S/C20H36N2O2/c1-15(2)13-22-14-16-7-5-11-21-12-6-8-17(20(16)21)18(22)9-4-10-19(23)24-3/h15-18,20H,4-14H2,1-3H3/t16-,17-,18-,20+/m1/s1. The van der Waals surface area contributed by atoms with Crippen molar-refractivity contribution in [2.24, 2.45) is 17.8 Å². The first kappa shape index (κ1) is 18.2. The molecule has 0 N–H and O–H groups in total. The van der Waals surface area contributed by atoms with Gasteiger partial charge in [0.15, 0.2) is 0 Å². The third-order valence-electron chi connectivity index (χ3n) is 6.49. The highest BCUT2D eigenvalue weighted by atomic mass is 16.5. The summed E-state index contributed by atoms with van der Waals surface area (Å²) in [5, 5.41) is 0. The normalized spacial score (nSPS) is 34.2. The summed E-state index contributed by atoms with van der Waals surface area (Å²) in [4.78, 5) is 17.1. The minimum absolute atomic E-state index is 0.0537. The summed E-state index contributed by atoms with van der Waals surface area (Å²) in [5.41, 5.74) is 0. The molecule has 138 valence electrons. The van der Waals surface area contributed by atoms with Crippen LogP contribution in [0.2, 0.25) is 0 Å². The van der Waals surface area contributed by atoms with E-state index in [0.29, 0.717) is 18.4 Å². The molecule has 3 rings (SSSR count). The van der Waals surface area contributed by atoms with Crippen LogP contribution in [0.3, 0.4) is 0 Å². The Kier molecular flexibility index (Phi) is 6.20. The fraction of sp³-hybridized carbons (Fsp3) is 0.950. The van der Waals surface area contributed by atoms with E-state index in [2.05, 4.69) is 23.6 Å². The van der Waals surface area contributed by atoms with E-state index in [9.17, 15) is 4.79 Å². The molecule has 0 unspecified atom stereocenters. The van der Waals surface area contributed by atoms with Gasteiger partial charge in [-0.25, -0.2) is 0 Å². The molecule has 0 spiro atoms. The van der Waals surface area contributed by atoms with Crippen LogP contribution in [0.5, 0.6) is 0 Å². The van der Waals surface area contributed by atoms with Gasteiger partial charge in [0.1, 0.15) is 0 Å². The number of methoxy groups -OCH3 is 1. The Morgan fingerprint density at radius 2 is 1.96 bits per heavy atom. The molecule has 0 saturated carbocycles. The number of esters is 1. The number of hydrogen-bond donors (Lipinski definition) is 0. The summed E-state index contributed by atoms with van der Waals surface area (Å²) in [7, 11) is 1.50. The number of carbonyl (C=O) groups excluding carboxylic acids is 1. The second-order valence-corrected chi connectivity index (χ2v) is 8.62. The van der Waals surface area contributed by atoms with Crippen molar-refractivity contribution in [3.63, 3.8) is 0 Å². The van der Waals surface area contributed by atoms with E-state index in [-0.39, 0.29) is 5.97 Å². The molecule has 0 radical (unpaired) electrons. The monoisotopic (exact) mass is 336 g/mol. The van der Waals surface area contributed by atoms with Crippen molar-refractivity contribution >= 4 is 5.97 Å². The van der Waals surface area contributed by atoms with Crippen LogP contribution < -0.4 is 0 Å². The highest BCUT2D eigenvalue weighted by Gasteiger charge is 2.48. The Bertz CT molecular complexity index is 424. The molecule has 0 bridgehead atoms. The summed E-state index contributed by atoms with van der Waals surface area (Å²) in [5.74, 6) is 2.35. The Hall–Kier alpha value is -0.610. The van der Waals surface area contributed by atoms with E-state index in [1.807, 2.05) is 0 Å². The number of ether oxygens (including phenoxy) is 1. The largest absolute Gasteiger partial charge is 0.469 e. The van der Waals surface area contributed by atoms with Crippen molar-refractivity contribution in [3.8, 4) is 0 Å². The molecular formula is C20H36N2O2. The van der Waals surface area contributed by atoms with E-state index in [0.717, 1.165) is 30.7 Å². The molecule has 0 amide bonds. The quantitative estimate of drug-likeness (QED) is 0.698. The maximum Gasteiger partial charge on any atom is 0.305 e. The molecule has 3 saturated heterocycles. The summed E-state index contributed by atoms with van der Waals surface area (Å²) < 4.78 is 4.84. The van der Waals surface area contributed by atoms with Gasteiger partial charge in [-0.3, -0.25) is 14.6 Å². The summed E-state index contributed by atoms with van der Waals surface area (Å²) in [6.45, 7) is 9.80. The predicted octanol–water partition coefficient (Wildman–Crippen LogP) is 3.16. The average molecular weight is 337 g/mol. The van der Waals surface area contributed by atoms with Gasteiger partial charge in [0.2, 0.25) is 0 Å². The lowest BCUT2D eigenvalue weighted by molar-refractivity contribution is -0.141. The molecule has 4 heteroatoms.